The SMILES string of the molecule is Cc1cc(OCCN2C(=O)C(C)CNc3ccccc32)ccc1Cl. The number of hydrogen-bond acceptors (Lipinski definition) is 3. The Kier molecular flexibility index (Phi) is 4.95. The van der Waals surface area contributed by atoms with E-state index >= 15 is 0 Å². The van der Waals surface area contributed by atoms with Crippen LogP contribution in [0.25, 0.3) is 0 Å². The van der Waals surface area contributed by atoms with Crippen molar-refractivity contribution in [3.8, 4) is 5.75 Å². The average Bonchev–Trinajstić information content (AvgIpc) is 2.70. The molecule has 0 radical (unpaired) electrons. The van der Waals surface area contributed by atoms with Crippen LogP contribution in [0, 0.1) is 12.8 Å². The first kappa shape index (κ1) is 16.7. The van der Waals surface area contributed by atoms with Gasteiger partial charge in [-0.2, -0.15) is 0 Å². The molecule has 1 heterocycles. The van der Waals surface area contributed by atoms with Crippen molar-refractivity contribution in [3.05, 3.63) is 53.1 Å². The Labute approximate surface area is 147 Å². The number of benzene rings is 2. The molecule has 1 unspecified atom stereocenters. The lowest BCUT2D eigenvalue weighted by Crippen LogP contribution is -2.38. The van der Waals surface area contributed by atoms with E-state index in [2.05, 4.69) is 5.32 Å². The summed E-state index contributed by atoms with van der Waals surface area (Å²) in [7, 11) is 0. The quantitative estimate of drug-likeness (QED) is 0.907. The maximum absolute atomic E-state index is 12.7. The fourth-order valence-electron chi connectivity index (χ4n) is 2.79. The molecule has 0 aliphatic carbocycles. The van der Waals surface area contributed by atoms with Crippen molar-refractivity contribution in [2.24, 2.45) is 5.92 Å². The second-order valence-electron chi connectivity index (χ2n) is 6.05. The van der Waals surface area contributed by atoms with Gasteiger partial charge in [0.25, 0.3) is 0 Å². The van der Waals surface area contributed by atoms with Gasteiger partial charge in [-0.15, -0.1) is 0 Å². The predicted molar refractivity (Wildman–Crippen MR) is 98.1 cm³/mol. The molecule has 1 amide bonds. The molecule has 2 aromatic rings. The van der Waals surface area contributed by atoms with Gasteiger partial charge >= 0.3 is 0 Å². The van der Waals surface area contributed by atoms with Gasteiger partial charge in [-0.1, -0.05) is 30.7 Å². The van der Waals surface area contributed by atoms with Crippen molar-refractivity contribution in [1.82, 2.24) is 0 Å². The molecule has 0 bridgehead atoms. The first-order chi connectivity index (χ1) is 11.6. The second kappa shape index (κ2) is 7.14. The molecule has 2 aromatic carbocycles. The Morgan fingerprint density at radius 2 is 2.08 bits per heavy atom. The lowest BCUT2D eigenvalue weighted by atomic mass is 10.1. The van der Waals surface area contributed by atoms with E-state index in [1.165, 1.54) is 0 Å². The smallest absolute Gasteiger partial charge is 0.231 e. The predicted octanol–water partition coefficient (Wildman–Crippen LogP) is 4.12. The van der Waals surface area contributed by atoms with Crippen molar-refractivity contribution in [1.29, 1.82) is 0 Å². The highest BCUT2D eigenvalue weighted by Gasteiger charge is 2.26. The number of rotatable bonds is 4. The molecule has 4 nitrogen and oxygen atoms in total. The molecule has 1 aliphatic heterocycles. The van der Waals surface area contributed by atoms with Gasteiger partial charge in [0.1, 0.15) is 12.4 Å². The molecule has 1 atom stereocenters. The number of para-hydroxylation sites is 2. The van der Waals surface area contributed by atoms with E-state index in [1.54, 1.807) is 0 Å². The van der Waals surface area contributed by atoms with E-state index in [4.69, 9.17) is 16.3 Å². The van der Waals surface area contributed by atoms with Gasteiger partial charge in [0, 0.05) is 11.6 Å². The molecule has 3 rings (SSSR count). The van der Waals surface area contributed by atoms with Gasteiger partial charge in [0.2, 0.25) is 5.91 Å². The minimum Gasteiger partial charge on any atom is -0.492 e. The zero-order valence-corrected chi connectivity index (χ0v) is 14.6. The summed E-state index contributed by atoms with van der Waals surface area (Å²) in [5.74, 6) is 0.803. The number of carbonyl (C=O) groups excluding carboxylic acids is 1. The first-order valence-corrected chi connectivity index (χ1v) is 8.47. The van der Waals surface area contributed by atoms with Crippen molar-refractivity contribution < 1.29 is 9.53 Å². The monoisotopic (exact) mass is 344 g/mol. The van der Waals surface area contributed by atoms with Gasteiger partial charge in [0.05, 0.1) is 23.8 Å². The summed E-state index contributed by atoms with van der Waals surface area (Å²) in [4.78, 5) is 14.5. The number of amides is 1. The molecule has 0 aromatic heterocycles. The molecule has 24 heavy (non-hydrogen) atoms. The van der Waals surface area contributed by atoms with Gasteiger partial charge < -0.3 is 15.0 Å². The normalized spacial score (nSPS) is 17.0. The molecule has 1 N–H and O–H groups in total. The standard InChI is InChI=1S/C19H21ClN2O2/c1-13-11-15(7-8-16(13)20)24-10-9-22-18-6-4-3-5-17(18)21-12-14(2)19(22)23/h3-8,11,14,21H,9-10,12H2,1-2H3. The number of hydrogen-bond donors (Lipinski definition) is 1. The number of anilines is 2. The fraction of sp³-hybridized carbons (Fsp3) is 0.316. The van der Waals surface area contributed by atoms with E-state index in [1.807, 2.05) is 61.2 Å². The third-order valence-electron chi connectivity index (χ3n) is 4.19. The van der Waals surface area contributed by atoms with Gasteiger partial charge in [-0.3, -0.25) is 4.79 Å². The number of fused-ring (bicyclic) bond motifs is 1. The number of halogens is 1. The maximum Gasteiger partial charge on any atom is 0.231 e. The van der Waals surface area contributed by atoms with Crippen LogP contribution in [0.5, 0.6) is 5.75 Å². The van der Waals surface area contributed by atoms with E-state index in [0.29, 0.717) is 19.7 Å². The van der Waals surface area contributed by atoms with Crippen LogP contribution in [0.15, 0.2) is 42.5 Å². The number of nitrogens with one attached hydrogen (secondary N) is 1. The highest BCUT2D eigenvalue weighted by molar-refractivity contribution is 6.31. The summed E-state index contributed by atoms with van der Waals surface area (Å²) in [6, 6.07) is 13.5. The summed E-state index contributed by atoms with van der Waals surface area (Å²) in [5, 5.41) is 4.06. The zero-order valence-electron chi connectivity index (χ0n) is 13.9. The van der Waals surface area contributed by atoms with Crippen LogP contribution in [0.3, 0.4) is 0 Å². The summed E-state index contributed by atoms with van der Waals surface area (Å²) in [6.07, 6.45) is 0. The topological polar surface area (TPSA) is 41.6 Å². The summed E-state index contributed by atoms with van der Waals surface area (Å²) >= 11 is 6.03. The van der Waals surface area contributed by atoms with Crippen LogP contribution in [-0.2, 0) is 4.79 Å². The number of aryl methyl sites for hydroxylation is 1. The molecular weight excluding hydrogens is 324 g/mol. The van der Waals surface area contributed by atoms with E-state index in [-0.39, 0.29) is 11.8 Å². The summed E-state index contributed by atoms with van der Waals surface area (Å²) in [6.45, 7) is 5.45. The molecular formula is C19H21ClN2O2. The van der Waals surface area contributed by atoms with Crippen molar-refractivity contribution in [3.63, 3.8) is 0 Å². The largest absolute Gasteiger partial charge is 0.492 e. The van der Waals surface area contributed by atoms with Crippen LogP contribution in [0.2, 0.25) is 5.02 Å². The molecule has 126 valence electrons. The lowest BCUT2D eigenvalue weighted by Gasteiger charge is -2.24. The molecule has 0 saturated carbocycles. The Bertz CT molecular complexity index is 748. The molecule has 0 fully saturated rings. The van der Waals surface area contributed by atoms with Crippen LogP contribution < -0.4 is 15.0 Å². The maximum atomic E-state index is 12.7. The number of carbonyl (C=O) groups is 1. The minimum atomic E-state index is -0.0739. The van der Waals surface area contributed by atoms with E-state index < -0.39 is 0 Å². The van der Waals surface area contributed by atoms with Crippen LogP contribution in [-0.4, -0.2) is 25.6 Å². The van der Waals surface area contributed by atoms with Crippen LogP contribution in [0.4, 0.5) is 11.4 Å². The third-order valence-corrected chi connectivity index (χ3v) is 4.62. The summed E-state index contributed by atoms with van der Waals surface area (Å²) in [5.41, 5.74) is 2.86. The van der Waals surface area contributed by atoms with Gasteiger partial charge in [0.15, 0.2) is 0 Å². The van der Waals surface area contributed by atoms with Crippen molar-refractivity contribution in [2.45, 2.75) is 13.8 Å². The van der Waals surface area contributed by atoms with Gasteiger partial charge in [-0.05, 0) is 42.8 Å². The Morgan fingerprint density at radius 1 is 1.29 bits per heavy atom. The fourth-order valence-corrected chi connectivity index (χ4v) is 2.90. The summed E-state index contributed by atoms with van der Waals surface area (Å²) < 4.78 is 5.81. The van der Waals surface area contributed by atoms with Crippen LogP contribution in [0.1, 0.15) is 12.5 Å². The zero-order chi connectivity index (χ0) is 17.1. The van der Waals surface area contributed by atoms with Crippen molar-refractivity contribution in [2.75, 3.05) is 29.9 Å². The second-order valence-corrected chi connectivity index (χ2v) is 6.46. The highest BCUT2D eigenvalue weighted by Crippen LogP contribution is 2.30. The van der Waals surface area contributed by atoms with Gasteiger partial charge in [-0.25, -0.2) is 0 Å². The Balaban J connectivity index is 1.72. The third kappa shape index (κ3) is 3.49. The van der Waals surface area contributed by atoms with E-state index in [0.717, 1.165) is 27.7 Å². The number of ether oxygens (including phenoxy) is 1. The molecule has 0 saturated heterocycles. The van der Waals surface area contributed by atoms with Crippen molar-refractivity contribution >= 4 is 28.9 Å². The Hall–Kier alpha value is -2.20. The minimum absolute atomic E-state index is 0.0739. The Morgan fingerprint density at radius 3 is 2.88 bits per heavy atom. The van der Waals surface area contributed by atoms with E-state index in [9.17, 15) is 4.79 Å². The number of nitrogens with zero attached hydrogens (tertiary/aromatic N) is 1. The molecule has 0 spiro atoms. The average molecular weight is 345 g/mol. The molecule has 1 aliphatic rings. The van der Waals surface area contributed by atoms with Crippen LogP contribution >= 0.6 is 11.6 Å². The first-order valence-electron chi connectivity index (χ1n) is 8.09. The molecule has 5 heteroatoms. The lowest BCUT2D eigenvalue weighted by molar-refractivity contribution is -0.121. The highest BCUT2D eigenvalue weighted by atomic mass is 35.5.